The second kappa shape index (κ2) is 5.91. The molecule has 0 heterocycles. The number of Topliss-reactive ketones (excluding diaryl/α,β-unsaturated/α-hetero) is 2. The average molecular weight is 401 g/mol. The molecule has 4 rings (SSSR count). The number of carbonyl (C=O) groups is 3. The van der Waals surface area contributed by atoms with Crippen LogP contribution in [0, 0.1) is 11.8 Å². The monoisotopic (exact) mass is 401 g/mol. The molecule has 0 unspecified atom stereocenters. The topological polar surface area (TPSA) is 178 Å². The molecular weight excluding hydrogens is 382 g/mol. The van der Waals surface area contributed by atoms with Gasteiger partial charge < -0.3 is 31.3 Å². The van der Waals surface area contributed by atoms with E-state index in [0.717, 1.165) is 0 Å². The first kappa shape index (κ1) is 19.2. The molecule has 9 heteroatoms. The normalized spacial score (nSPS) is 33.9. The zero-order chi connectivity index (χ0) is 21.4. The van der Waals surface area contributed by atoms with E-state index in [2.05, 4.69) is 0 Å². The molecule has 1 aromatic carbocycles. The first-order valence-corrected chi connectivity index (χ1v) is 9.00. The molecule has 0 radical (unpaired) electrons. The number of nitrogens with two attached hydrogens (primary N) is 1. The van der Waals surface area contributed by atoms with Crippen LogP contribution in [0.2, 0.25) is 0 Å². The number of carbonyl (C=O) groups excluding carboxylic acids is 3. The fourth-order valence-electron chi connectivity index (χ4n) is 4.95. The first-order chi connectivity index (χ1) is 13.5. The zero-order valence-electron chi connectivity index (χ0n) is 15.3. The van der Waals surface area contributed by atoms with Gasteiger partial charge in [-0.2, -0.15) is 0 Å². The van der Waals surface area contributed by atoms with Crippen LogP contribution in [0.1, 0.15) is 35.2 Å². The number of hydrogen-bond acceptors (Lipinski definition) is 8. The number of aliphatic hydroxyl groups excluding tert-OH is 3. The minimum atomic E-state index is -2.81. The third-order valence-corrected chi connectivity index (χ3v) is 6.36. The molecule has 0 aliphatic heterocycles. The van der Waals surface area contributed by atoms with E-state index in [4.69, 9.17) is 5.73 Å². The number of amides is 1. The van der Waals surface area contributed by atoms with Gasteiger partial charge in [0.05, 0.1) is 11.7 Å². The Balaban J connectivity index is 2.00. The van der Waals surface area contributed by atoms with E-state index in [1.165, 1.54) is 12.1 Å². The van der Waals surface area contributed by atoms with Gasteiger partial charge in [-0.25, -0.2) is 0 Å². The van der Waals surface area contributed by atoms with Crippen molar-refractivity contribution in [2.45, 2.75) is 31.0 Å². The van der Waals surface area contributed by atoms with Gasteiger partial charge in [0.25, 0.3) is 5.91 Å². The van der Waals surface area contributed by atoms with Crippen LogP contribution in [0.4, 0.5) is 0 Å². The van der Waals surface area contributed by atoms with Crippen molar-refractivity contribution in [1.29, 1.82) is 0 Å². The molecule has 1 aromatic rings. The number of phenolic OH excluding ortho intramolecular Hbond substituents is 1. The highest BCUT2D eigenvalue weighted by atomic mass is 16.4. The highest BCUT2D eigenvalue weighted by Crippen LogP contribution is 2.54. The van der Waals surface area contributed by atoms with E-state index in [1.807, 2.05) is 0 Å². The quantitative estimate of drug-likeness (QED) is 0.359. The van der Waals surface area contributed by atoms with E-state index >= 15 is 0 Å². The second-order valence-electron chi connectivity index (χ2n) is 7.73. The summed E-state index contributed by atoms with van der Waals surface area (Å²) in [5.74, 6) is -8.53. The maximum atomic E-state index is 13.1. The molecule has 29 heavy (non-hydrogen) atoms. The van der Waals surface area contributed by atoms with Crippen LogP contribution >= 0.6 is 0 Å². The fraction of sp³-hybridized carbons (Fsp3) is 0.350. The number of primary amides is 1. The largest absolute Gasteiger partial charge is 0.511 e. The highest BCUT2D eigenvalue weighted by molar-refractivity contribution is 6.24. The Morgan fingerprint density at radius 3 is 2.48 bits per heavy atom. The number of rotatable bonds is 1. The molecule has 0 spiro atoms. The predicted octanol–water partition coefficient (Wildman–Crippen LogP) is 0.112. The van der Waals surface area contributed by atoms with Crippen LogP contribution < -0.4 is 5.73 Å². The van der Waals surface area contributed by atoms with Crippen molar-refractivity contribution >= 4 is 17.5 Å². The van der Waals surface area contributed by atoms with Gasteiger partial charge in [0, 0.05) is 23.8 Å². The second-order valence-corrected chi connectivity index (χ2v) is 7.73. The van der Waals surface area contributed by atoms with Crippen molar-refractivity contribution in [3.63, 3.8) is 0 Å². The SMILES string of the molecule is C[C@H]1c2cccc(O)c2C(=O)C2=C(O)[C@]3(O)C(=O)C(C(N)=O)=C(O)C[C@@H]3[C@@H](O)[C@@H]21. The summed E-state index contributed by atoms with van der Waals surface area (Å²) < 4.78 is 0. The molecule has 1 amide bonds. The summed E-state index contributed by atoms with van der Waals surface area (Å²) in [5, 5.41) is 53.3. The minimum Gasteiger partial charge on any atom is -0.511 e. The lowest BCUT2D eigenvalue weighted by atomic mass is 9.56. The number of ketones is 2. The lowest BCUT2D eigenvalue weighted by Gasteiger charge is -2.50. The number of fused-ring (bicyclic) bond motifs is 3. The van der Waals surface area contributed by atoms with E-state index in [9.17, 15) is 39.9 Å². The van der Waals surface area contributed by atoms with Crippen molar-refractivity contribution in [3.8, 4) is 5.75 Å². The Kier molecular flexibility index (Phi) is 3.91. The molecule has 0 fully saturated rings. The summed E-state index contributed by atoms with van der Waals surface area (Å²) in [7, 11) is 0. The lowest BCUT2D eigenvalue weighted by molar-refractivity contribution is -0.154. The highest BCUT2D eigenvalue weighted by Gasteiger charge is 2.64. The molecule has 3 aliphatic carbocycles. The Bertz CT molecular complexity index is 1050. The van der Waals surface area contributed by atoms with Crippen molar-refractivity contribution in [1.82, 2.24) is 0 Å². The van der Waals surface area contributed by atoms with Gasteiger partial charge >= 0.3 is 0 Å². The number of hydrogen-bond donors (Lipinski definition) is 6. The summed E-state index contributed by atoms with van der Waals surface area (Å²) in [6.45, 7) is 1.67. The number of phenols is 1. The van der Waals surface area contributed by atoms with Crippen LogP contribution in [0.15, 0.2) is 40.9 Å². The molecule has 0 aromatic heterocycles. The Morgan fingerprint density at radius 1 is 1.21 bits per heavy atom. The van der Waals surface area contributed by atoms with Gasteiger partial charge in [0.2, 0.25) is 5.78 Å². The number of benzene rings is 1. The summed E-state index contributed by atoms with van der Waals surface area (Å²) in [6.07, 6.45) is -2.01. The van der Waals surface area contributed by atoms with Gasteiger partial charge in [-0.05, 0) is 17.5 Å². The molecule has 0 bridgehead atoms. The van der Waals surface area contributed by atoms with Gasteiger partial charge in [-0.3, -0.25) is 14.4 Å². The molecule has 7 N–H and O–H groups in total. The Labute approximate surface area is 164 Å². The Morgan fingerprint density at radius 2 is 1.86 bits per heavy atom. The first-order valence-electron chi connectivity index (χ1n) is 9.00. The predicted molar refractivity (Wildman–Crippen MR) is 96.9 cm³/mol. The summed E-state index contributed by atoms with van der Waals surface area (Å²) in [4.78, 5) is 37.5. The third kappa shape index (κ3) is 2.19. The molecule has 152 valence electrons. The van der Waals surface area contributed by atoms with E-state index < -0.39 is 76.0 Å². The van der Waals surface area contributed by atoms with E-state index in [0.29, 0.717) is 5.56 Å². The smallest absolute Gasteiger partial charge is 0.255 e. The van der Waals surface area contributed by atoms with Crippen LogP contribution in [-0.2, 0) is 9.59 Å². The van der Waals surface area contributed by atoms with Gasteiger partial charge in [0.15, 0.2) is 11.4 Å². The molecule has 9 nitrogen and oxygen atoms in total. The van der Waals surface area contributed by atoms with Gasteiger partial charge in [-0.1, -0.05) is 19.1 Å². The lowest BCUT2D eigenvalue weighted by Crippen LogP contribution is -2.62. The van der Waals surface area contributed by atoms with Crippen LogP contribution in [0.25, 0.3) is 0 Å². The maximum Gasteiger partial charge on any atom is 0.255 e. The molecule has 5 atom stereocenters. The summed E-state index contributed by atoms with van der Waals surface area (Å²) in [6, 6.07) is 4.43. The molecule has 3 aliphatic rings. The number of aliphatic hydroxyl groups is 4. The van der Waals surface area contributed by atoms with Gasteiger partial charge in [-0.15, -0.1) is 0 Å². The maximum absolute atomic E-state index is 13.1. The average Bonchev–Trinajstić information content (AvgIpc) is 2.65. The standard InChI is InChI=1S/C20H19NO8/c1-6-7-3-2-4-9(22)12(7)16(25)14-11(6)15(24)8-5-10(23)13(19(21)28)17(26)20(8,29)18(14)27/h2-4,6,8,11,15,22-24,27,29H,5H2,1H3,(H2,21,28)/t6-,8+,11+,15+,20+/m0/s1. The summed E-state index contributed by atoms with van der Waals surface area (Å²) in [5.41, 5.74) is 1.38. The van der Waals surface area contributed by atoms with Crippen molar-refractivity contribution < 1.29 is 39.9 Å². The van der Waals surface area contributed by atoms with Crippen LogP contribution in [0.3, 0.4) is 0 Å². The number of allylic oxidation sites excluding steroid dienone is 1. The molecule has 0 saturated heterocycles. The minimum absolute atomic E-state index is 0.0937. The number of aromatic hydroxyl groups is 1. The zero-order valence-corrected chi connectivity index (χ0v) is 15.3. The van der Waals surface area contributed by atoms with Crippen LogP contribution in [0.5, 0.6) is 5.75 Å². The fourth-order valence-corrected chi connectivity index (χ4v) is 4.95. The van der Waals surface area contributed by atoms with Gasteiger partial charge in [0.1, 0.15) is 22.8 Å². The summed E-state index contributed by atoms with van der Waals surface area (Å²) >= 11 is 0. The van der Waals surface area contributed by atoms with Crippen LogP contribution in [-0.4, -0.2) is 54.7 Å². The Hall–Kier alpha value is -3.17. The van der Waals surface area contributed by atoms with E-state index in [1.54, 1.807) is 13.0 Å². The third-order valence-electron chi connectivity index (χ3n) is 6.36. The van der Waals surface area contributed by atoms with Crippen molar-refractivity contribution in [2.24, 2.45) is 17.6 Å². The van der Waals surface area contributed by atoms with Crippen molar-refractivity contribution in [3.05, 3.63) is 52.0 Å². The van der Waals surface area contributed by atoms with Crippen molar-refractivity contribution in [2.75, 3.05) is 0 Å². The van der Waals surface area contributed by atoms with E-state index in [-0.39, 0.29) is 11.3 Å². The molecular formula is C20H19NO8. The molecule has 0 saturated carbocycles.